The van der Waals surface area contributed by atoms with Gasteiger partial charge in [0.25, 0.3) is 0 Å². The fraction of sp³-hybridized carbons (Fsp3) is 0.923. The monoisotopic (exact) mass is 227 g/mol. The summed E-state index contributed by atoms with van der Waals surface area (Å²) in [5, 5.41) is 6.66. The molecule has 0 rings (SSSR count). The molecule has 3 nitrogen and oxygen atoms in total. The van der Waals surface area contributed by atoms with Crippen molar-refractivity contribution < 1.29 is 0 Å². The van der Waals surface area contributed by atoms with Crippen molar-refractivity contribution in [1.82, 2.24) is 10.6 Å². The number of rotatable bonds is 6. The molecule has 0 aliphatic carbocycles. The van der Waals surface area contributed by atoms with Crippen LogP contribution in [0.5, 0.6) is 0 Å². The average molecular weight is 227 g/mol. The number of aliphatic imine (C=N–C) groups is 1. The molecule has 0 radical (unpaired) electrons. The van der Waals surface area contributed by atoms with Gasteiger partial charge in [0.15, 0.2) is 5.96 Å². The van der Waals surface area contributed by atoms with Gasteiger partial charge in [-0.3, -0.25) is 4.99 Å². The summed E-state index contributed by atoms with van der Waals surface area (Å²) >= 11 is 0. The van der Waals surface area contributed by atoms with Gasteiger partial charge < -0.3 is 10.6 Å². The standard InChI is InChI=1S/C13H29N3/c1-6-8-9-10-11-15-12(14-7-2)16-13(3,4)5/h6-11H2,1-5H3,(H2,14,15,16). The predicted octanol–water partition coefficient (Wildman–Crippen LogP) is 2.92. The van der Waals surface area contributed by atoms with Crippen LogP contribution in [0.1, 0.15) is 60.3 Å². The molecular weight excluding hydrogens is 198 g/mol. The van der Waals surface area contributed by atoms with Gasteiger partial charge >= 0.3 is 0 Å². The van der Waals surface area contributed by atoms with Crippen molar-refractivity contribution >= 4 is 5.96 Å². The van der Waals surface area contributed by atoms with E-state index >= 15 is 0 Å². The Bertz CT molecular complexity index is 192. The highest BCUT2D eigenvalue weighted by Gasteiger charge is 2.10. The third-order valence-corrected chi connectivity index (χ3v) is 2.12. The van der Waals surface area contributed by atoms with Gasteiger partial charge in [-0.2, -0.15) is 0 Å². The highest BCUT2D eigenvalue weighted by molar-refractivity contribution is 5.80. The summed E-state index contributed by atoms with van der Waals surface area (Å²) < 4.78 is 0. The molecule has 0 atom stereocenters. The summed E-state index contributed by atoms with van der Waals surface area (Å²) in [7, 11) is 0. The van der Waals surface area contributed by atoms with Crippen molar-refractivity contribution in [3.63, 3.8) is 0 Å². The van der Waals surface area contributed by atoms with Gasteiger partial charge in [0.2, 0.25) is 0 Å². The lowest BCUT2D eigenvalue weighted by Gasteiger charge is -2.23. The maximum atomic E-state index is 4.57. The lowest BCUT2D eigenvalue weighted by atomic mass is 10.1. The normalized spacial score (nSPS) is 12.7. The van der Waals surface area contributed by atoms with Crippen LogP contribution in [0.25, 0.3) is 0 Å². The van der Waals surface area contributed by atoms with Crippen LogP contribution in [-0.2, 0) is 0 Å². The Balaban J connectivity index is 3.94. The molecule has 0 fully saturated rings. The summed E-state index contributed by atoms with van der Waals surface area (Å²) in [6.45, 7) is 12.6. The number of hydrogen-bond donors (Lipinski definition) is 2. The number of unbranched alkanes of at least 4 members (excludes halogenated alkanes) is 3. The predicted molar refractivity (Wildman–Crippen MR) is 73.0 cm³/mol. The Labute approximate surface area is 101 Å². The fourth-order valence-electron chi connectivity index (χ4n) is 1.39. The maximum Gasteiger partial charge on any atom is 0.191 e. The minimum Gasteiger partial charge on any atom is -0.357 e. The van der Waals surface area contributed by atoms with Crippen LogP contribution < -0.4 is 10.6 Å². The largest absolute Gasteiger partial charge is 0.357 e. The van der Waals surface area contributed by atoms with Gasteiger partial charge in [-0.15, -0.1) is 0 Å². The summed E-state index contributed by atoms with van der Waals surface area (Å²) in [6.07, 6.45) is 5.08. The van der Waals surface area contributed by atoms with Crippen molar-refractivity contribution in [2.75, 3.05) is 13.1 Å². The summed E-state index contributed by atoms with van der Waals surface area (Å²) in [5.41, 5.74) is 0.0738. The number of nitrogens with zero attached hydrogens (tertiary/aromatic N) is 1. The number of nitrogens with one attached hydrogen (secondary N) is 2. The van der Waals surface area contributed by atoms with Gasteiger partial charge in [0.05, 0.1) is 0 Å². The van der Waals surface area contributed by atoms with E-state index in [1.165, 1.54) is 25.7 Å². The van der Waals surface area contributed by atoms with Gasteiger partial charge in [0.1, 0.15) is 0 Å². The Morgan fingerprint density at radius 3 is 2.25 bits per heavy atom. The zero-order valence-corrected chi connectivity index (χ0v) is 11.7. The molecule has 0 aromatic carbocycles. The van der Waals surface area contributed by atoms with Gasteiger partial charge in [-0.1, -0.05) is 26.2 Å². The summed E-state index contributed by atoms with van der Waals surface area (Å²) in [5.74, 6) is 0.937. The van der Waals surface area contributed by atoms with E-state index in [-0.39, 0.29) is 5.54 Å². The lowest BCUT2D eigenvalue weighted by molar-refractivity contribution is 0.501. The van der Waals surface area contributed by atoms with E-state index in [1.807, 2.05) is 0 Å². The minimum atomic E-state index is 0.0738. The van der Waals surface area contributed by atoms with Gasteiger partial charge in [0, 0.05) is 18.6 Å². The second-order valence-corrected chi connectivity index (χ2v) is 5.20. The van der Waals surface area contributed by atoms with Crippen LogP contribution in [0.15, 0.2) is 4.99 Å². The van der Waals surface area contributed by atoms with Crippen LogP contribution in [-0.4, -0.2) is 24.6 Å². The highest BCUT2D eigenvalue weighted by atomic mass is 15.2. The molecule has 2 N–H and O–H groups in total. The minimum absolute atomic E-state index is 0.0738. The summed E-state index contributed by atoms with van der Waals surface area (Å²) in [6, 6.07) is 0. The van der Waals surface area contributed by atoms with E-state index in [0.717, 1.165) is 19.0 Å². The van der Waals surface area contributed by atoms with Crippen LogP contribution in [0, 0.1) is 0 Å². The van der Waals surface area contributed by atoms with Crippen LogP contribution in [0.4, 0.5) is 0 Å². The summed E-state index contributed by atoms with van der Waals surface area (Å²) in [4.78, 5) is 4.57. The van der Waals surface area contributed by atoms with E-state index in [9.17, 15) is 0 Å². The first-order valence-corrected chi connectivity index (χ1v) is 6.56. The Kier molecular flexibility index (Phi) is 8.04. The molecule has 0 aromatic rings. The van der Waals surface area contributed by atoms with Crippen molar-refractivity contribution in [2.24, 2.45) is 4.99 Å². The first-order valence-electron chi connectivity index (χ1n) is 6.56. The highest BCUT2D eigenvalue weighted by Crippen LogP contribution is 2.00. The molecule has 96 valence electrons. The molecule has 16 heavy (non-hydrogen) atoms. The zero-order chi connectivity index (χ0) is 12.4. The molecule has 0 heterocycles. The molecule has 0 aliphatic heterocycles. The SMILES string of the molecule is CCCCCCN=C(NCC)NC(C)(C)C. The third kappa shape index (κ3) is 9.81. The molecule has 3 heteroatoms. The van der Waals surface area contributed by atoms with Gasteiger partial charge in [-0.25, -0.2) is 0 Å². The molecule has 0 spiro atoms. The second kappa shape index (κ2) is 8.43. The molecule has 0 saturated carbocycles. The van der Waals surface area contributed by atoms with E-state index in [0.29, 0.717) is 0 Å². The molecule has 0 saturated heterocycles. The third-order valence-electron chi connectivity index (χ3n) is 2.12. The fourth-order valence-corrected chi connectivity index (χ4v) is 1.39. The lowest BCUT2D eigenvalue weighted by Crippen LogP contribution is -2.47. The first-order chi connectivity index (χ1) is 7.49. The van der Waals surface area contributed by atoms with Crippen molar-refractivity contribution in [3.05, 3.63) is 0 Å². The van der Waals surface area contributed by atoms with Crippen LogP contribution >= 0.6 is 0 Å². The van der Waals surface area contributed by atoms with E-state index in [4.69, 9.17) is 0 Å². The molecular formula is C13H29N3. The van der Waals surface area contributed by atoms with Gasteiger partial charge in [-0.05, 0) is 34.1 Å². The average Bonchev–Trinajstić information content (AvgIpc) is 2.15. The zero-order valence-electron chi connectivity index (χ0n) is 11.7. The smallest absolute Gasteiger partial charge is 0.191 e. The topological polar surface area (TPSA) is 36.4 Å². The molecule has 0 unspecified atom stereocenters. The molecule has 0 aliphatic rings. The Hall–Kier alpha value is -0.730. The Morgan fingerprint density at radius 1 is 1.06 bits per heavy atom. The molecule has 0 aromatic heterocycles. The maximum absolute atomic E-state index is 4.57. The molecule has 0 bridgehead atoms. The van der Waals surface area contributed by atoms with E-state index in [2.05, 4.69) is 50.2 Å². The second-order valence-electron chi connectivity index (χ2n) is 5.20. The number of hydrogen-bond acceptors (Lipinski definition) is 1. The first kappa shape index (κ1) is 15.3. The van der Waals surface area contributed by atoms with Crippen molar-refractivity contribution in [2.45, 2.75) is 65.8 Å². The van der Waals surface area contributed by atoms with Crippen molar-refractivity contribution in [3.8, 4) is 0 Å². The van der Waals surface area contributed by atoms with E-state index < -0.39 is 0 Å². The quantitative estimate of drug-likeness (QED) is 0.416. The van der Waals surface area contributed by atoms with Crippen LogP contribution in [0.3, 0.4) is 0 Å². The van der Waals surface area contributed by atoms with Crippen molar-refractivity contribution in [1.29, 1.82) is 0 Å². The molecule has 0 amide bonds. The number of guanidine groups is 1. The van der Waals surface area contributed by atoms with E-state index in [1.54, 1.807) is 0 Å². The Morgan fingerprint density at radius 2 is 1.75 bits per heavy atom. The van der Waals surface area contributed by atoms with Crippen LogP contribution in [0.2, 0.25) is 0 Å².